The first kappa shape index (κ1) is 10.6. The first-order chi connectivity index (χ1) is 6.01. The van der Waals surface area contributed by atoms with Gasteiger partial charge in [-0.3, -0.25) is 0 Å². The maximum atomic E-state index is 5.54. The van der Waals surface area contributed by atoms with Crippen molar-refractivity contribution in [2.45, 2.75) is 39.5 Å². The molecule has 0 aliphatic heterocycles. The molecule has 0 atom stereocenters. The van der Waals surface area contributed by atoms with Gasteiger partial charge in [0.2, 0.25) is 0 Å². The van der Waals surface area contributed by atoms with E-state index in [-0.39, 0.29) is 5.60 Å². The summed E-state index contributed by atoms with van der Waals surface area (Å²) in [5.41, 5.74) is 5.28. The molecule has 4 nitrogen and oxygen atoms in total. The van der Waals surface area contributed by atoms with Crippen LogP contribution in [0.15, 0.2) is 0 Å². The van der Waals surface area contributed by atoms with Crippen LogP contribution in [0.2, 0.25) is 0 Å². The lowest BCUT2D eigenvalue weighted by molar-refractivity contribution is -0.0152. The zero-order valence-electron chi connectivity index (χ0n) is 8.20. The summed E-state index contributed by atoms with van der Waals surface area (Å²) in [7, 11) is 0. The standard InChI is InChI=1S/C8H15N3OS/c1-8(2,3)12-5-7-11-10-6(4-9)13-7/h4-5,9H2,1-3H3. The van der Waals surface area contributed by atoms with Crippen LogP contribution in [-0.2, 0) is 17.9 Å². The molecular weight excluding hydrogens is 186 g/mol. The summed E-state index contributed by atoms with van der Waals surface area (Å²) in [4.78, 5) is 0. The number of rotatable bonds is 3. The molecule has 13 heavy (non-hydrogen) atoms. The van der Waals surface area contributed by atoms with E-state index in [9.17, 15) is 0 Å². The summed E-state index contributed by atoms with van der Waals surface area (Å²) < 4.78 is 5.54. The van der Waals surface area contributed by atoms with Crippen LogP contribution in [0.1, 0.15) is 30.8 Å². The molecule has 1 aromatic heterocycles. The van der Waals surface area contributed by atoms with Crippen molar-refractivity contribution in [1.29, 1.82) is 0 Å². The van der Waals surface area contributed by atoms with Crippen LogP contribution in [0.3, 0.4) is 0 Å². The molecule has 0 amide bonds. The first-order valence-corrected chi connectivity index (χ1v) is 4.98. The number of aromatic nitrogens is 2. The fraction of sp³-hybridized carbons (Fsp3) is 0.750. The van der Waals surface area contributed by atoms with Gasteiger partial charge in [0.1, 0.15) is 16.6 Å². The van der Waals surface area contributed by atoms with Gasteiger partial charge in [-0.1, -0.05) is 11.3 Å². The molecule has 0 bridgehead atoms. The highest BCUT2D eigenvalue weighted by Gasteiger charge is 2.11. The molecule has 74 valence electrons. The Morgan fingerprint density at radius 1 is 1.31 bits per heavy atom. The molecule has 0 aliphatic carbocycles. The van der Waals surface area contributed by atoms with E-state index in [0.29, 0.717) is 13.2 Å². The van der Waals surface area contributed by atoms with Crippen molar-refractivity contribution >= 4 is 11.3 Å². The molecule has 1 aromatic rings. The van der Waals surface area contributed by atoms with E-state index in [0.717, 1.165) is 10.0 Å². The monoisotopic (exact) mass is 201 g/mol. The fourth-order valence-corrected chi connectivity index (χ4v) is 1.34. The Kier molecular flexibility index (Phi) is 3.35. The molecule has 0 aliphatic rings. The van der Waals surface area contributed by atoms with E-state index in [1.165, 1.54) is 11.3 Å². The second kappa shape index (κ2) is 4.13. The number of hydrogen-bond acceptors (Lipinski definition) is 5. The van der Waals surface area contributed by atoms with Crippen LogP contribution < -0.4 is 5.73 Å². The Labute approximate surface area is 82.1 Å². The third-order valence-electron chi connectivity index (χ3n) is 1.31. The summed E-state index contributed by atoms with van der Waals surface area (Å²) >= 11 is 1.50. The van der Waals surface area contributed by atoms with Crippen molar-refractivity contribution in [3.05, 3.63) is 10.0 Å². The van der Waals surface area contributed by atoms with Crippen LogP contribution in [0.4, 0.5) is 0 Å². The van der Waals surface area contributed by atoms with E-state index < -0.39 is 0 Å². The summed E-state index contributed by atoms with van der Waals surface area (Å²) in [6.45, 7) is 7.00. The third kappa shape index (κ3) is 3.80. The second-order valence-electron chi connectivity index (χ2n) is 3.69. The van der Waals surface area contributed by atoms with E-state index in [1.807, 2.05) is 20.8 Å². The maximum absolute atomic E-state index is 5.54. The highest BCUT2D eigenvalue weighted by atomic mass is 32.1. The van der Waals surface area contributed by atoms with Gasteiger partial charge in [-0.25, -0.2) is 0 Å². The highest BCUT2D eigenvalue weighted by molar-refractivity contribution is 7.11. The predicted octanol–water partition coefficient (Wildman–Crippen LogP) is 1.31. The van der Waals surface area contributed by atoms with Crippen molar-refractivity contribution in [2.24, 2.45) is 5.73 Å². The molecule has 0 fully saturated rings. The van der Waals surface area contributed by atoms with Gasteiger partial charge in [0.05, 0.1) is 5.60 Å². The Hall–Kier alpha value is -0.520. The molecule has 0 radical (unpaired) electrons. The van der Waals surface area contributed by atoms with E-state index in [4.69, 9.17) is 10.5 Å². The average molecular weight is 201 g/mol. The van der Waals surface area contributed by atoms with Gasteiger partial charge in [0, 0.05) is 6.54 Å². The topological polar surface area (TPSA) is 61.0 Å². The molecule has 0 saturated carbocycles. The molecule has 0 aromatic carbocycles. The lowest BCUT2D eigenvalue weighted by Gasteiger charge is -2.17. The number of nitrogens with two attached hydrogens (primary N) is 1. The Bertz CT molecular complexity index is 267. The van der Waals surface area contributed by atoms with Gasteiger partial charge in [-0.15, -0.1) is 10.2 Å². The molecular formula is C8H15N3OS. The van der Waals surface area contributed by atoms with Gasteiger partial charge < -0.3 is 10.5 Å². The number of nitrogens with zero attached hydrogens (tertiary/aromatic N) is 2. The molecule has 0 saturated heterocycles. The lowest BCUT2D eigenvalue weighted by atomic mass is 10.2. The van der Waals surface area contributed by atoms with Crippen molar-refractivity contribution < 1.29 is 4.74 Å². The Morgan fingerprint density at radius 3 is 2.38 bits per heavy atom. The summed E-state index contributed by atoms with van der Waals surface area (Å²) in [6.07, 6.45) is 0. The van der Waals surface area contributed by atoms with Crippen molar-refractivity contribution in [2.75, 3.05) is 0 Å². The molecule has 1 heterocycles. The van der Waals surface area contributed by atoms with Crippen LogP contribution >= 0.6 is 11.3 Å². The quantitative estimate of drug-likeness (QED) is 0.801. The van der Waals surface area contributed by atoms with Gasteiger partial charge in [-0.05, 0) is 20.8 Å². The van der Waals surface area contributed by atoms with Crippen LogP contribution in [0.5, 0.6) is 0 Å². The fourth-order valence-electron chi connectivity index (χ4n) is 0.707. The number of ether oxygens (including phenoxy) is 1. The van der Waals surface area contributed by atoms with E-state index >= 15 is 0 Å². The van der Waals surface area contributed by atoms with Gasteiger partial charge in [-0.2, -0.15) is 0 Å². The van der Waals surface area contributed by atoms with E-state index in [2.05, 4.69) is 10.2 Å². The smallest absolute Gasteiger partial charge is 0.143 e. The zero-order valence-corrected chi connectivity index (χ0v) is 9.02. The summed E-state index contributed by atoms with van der Waals surface area (Å²) in [5.74, 6) is 0. The minimum atomic E-state index is -0.130. The molecule has 1 rings (SSSR count). The SMILES string of the molecule is CC(C)(C)OCc1nnc(CN)s1. The predicted molar refractivity (Wildman–Crippen MR) is 52.3 cm³/mol. The van der Waals surface area contributed by atoms with Gasteiger partial charge in [0.15, 0.2) is 0 Å². The third-order valence-corrected chi connectivity index (χ3v) is 2.23. The number of hydrogen-bond donors (Lipinski definition) is 1. The van der Waals surface area contributed by atoms with E-state index in [1.54, 1.807) is 0 Å². The molecule has 2 N–H and O–H groups in total. The van der Waals surface area contributed by atoms with Gasteiger partial charge in [0.25, 0.3) is 0 Å². The van der Waals surface area contributed by atoms with Crippen molar-refractivity contribution in [3.63, 3.8) is 0 Å². The lowest BCUT2D eigenvalue weighted by Crippen LogP contribution is -2.18. The minimum absolute atomic E-state index is 0.130. The first-order valence-electron chi connectivity index (χ1n) is 4.16. The minimum Gasteiger partial charge on any atom is -0.369 e. The highest BCUT2D eigenvalue weighted by Crippen LogP contribution is 2.14. The Balaban J connectivity index is 2.46. The zero-order chi connectivity index (χ0) is 9.90. The average Bonchev–Trinajstić information content (AvgIpc) is 2.47. The molecule has 5 heteroatoms. The maximum Gasteiger partial charge on any atom is 0.143 e. The normalized spacial score (nSPS) is 12.0. The van der Waals surface area contributed by atoms with Crippen LogP contribution in [0.25, 0.3) is 0 Å². The second-order valence-corrected chi connectivity index (χ2v) is 4.84. The van der Waals surface area contributed by atoms with Crippen molar-refractivity contribution in [1.82, 2.24) is 10.2 Å². The summed E-state index contributed by atoms with van der Waals surface area (Å²) in [6, 6.07) is 0. The largest absolute Gasteiger partial charge is 0.369 e. The molecule has 0 unspecified atom stereocenters. The van der Waals surface area contributed by atoms with Crippen LogP contribution in [0, 0.1) is 0 Å². The molecule has 0 spiro atoms. The van der Waals surface area contributed by atoms with Crippen molar-refractivity contribution in [3.8, 4) is 0 Å². The van der Waals surface area contributed by atoms with Gasteiger partial charge >= 0.3 is 0 Å². The summed E-state index contributed by atoms with van der Waals surface area (Å²) in [5, 5.41) is 9.59. The Morgan fingerprint density at radius 2 is 1.92 bits per heavy atom. The van der Waals surface area contributed by atoms with Crippen LogP contribution in [-0.4, -0.2) is 15.8 Å².